The molecule has 0 aromatic carbocycles. The summed E-state index contributed by atoms with van der Waals surface area (Å²) in [7, 11) is 0. The maximum absolute atomic E-state index is 6.05. The molecule has 2 saturated heterocycles. The van der Waals surface area contributed by atoms with Crippen LogP contribution in [-0.4, -0.2) is 54.1 Å². The molecule has 1 saturated carbocycles. The molecule has 0 spiro atoms. The fourth-order valence-corrected chi connectivity index (χ4v) is 5.26. The van der Waals surface area contributed by atoms with Crippen molar-refractivity contribution in [3.8, 4) is 0 Å². The van der Waals surface area contributed by atoms with Crippen LogP contribution in [0, 0.1) is 11.3 Å². The molecule has 3 unspecified atom stereocenters. The highest BCUT2D eigenvalue weighted by atomic mass is 15.3. The molecule has 2 aliphatic heterocycles. The molecule has 3 aliphatic rings. The topological polar surface area (TPSA) is 32.5 Å². The predicted octanol–water partition coefficient (Wildman–Crippen LogP) is 2.70. The minimum atomic E-state index is 0.457. The SMILES string of the molecule is CC1CC(N2CCC(N3CCC(N)CC3)C2)CC(C)(C)C1. The number of rotatable bonds is 2. The van der Waals surface area contributed by atoms with Gasteiger partial charge < -0.3 is 5.73 Å². The van der Waals surface area contributed by atoms with Crippen LogP contribution in [0.25, 0.3) is 0 Å². The first kappa shape index (κ1) is 15.8. The van der Waals surface area contributed by atoms with Crippen molar-refractivity contribution >= 4 is 0 Å². The third-order valence-electron chi connectivity index (χ3n) is 6.17. The minimum Gasteiger partial charge on any atom is -0.328 e. The van der Waals surface area contributed by atoms with Gasteiger partial charge in [-0.25, -0.2) is 0 Å². The van der Waals surface area contributed by atoms with Crippen LogP contribution >= 0.6 is 0 Å². The van der Waals surface area contributed by atoms with E-state index >= 15 is 0 Å². The summed E-state index contributed by atoms with van der Waals surface area (Å²) in [6.07, 6.45) is 8.00. The van der Waals surface area contributed by atoms with Gasteiger partial charge in [0.15, 0.2) is 0 Å². The third-order valence-corrected chi connectivity index (χ3v) is 6.17. The standard InChI is InChI=1S/C18H35N3/c1-14-10-17(12-18(2,3)11-14)21-9-6-16(13-21)20-7-4-15(19)5-8-20/h14-17H,4-13,19H2,1-3H3. The third kappa shape index (κ3) is 3.80. The molecule has 122 valence electrons. The summed E-state index contributed by atoms with van der Waals surface area (Å²) in [5.41, 5.74) is 6.59. The van der Waals surface area contributed by atoms with Gasteiger partial charge in [-0.1, -0.05) is 20.8 Å². The summed E-state index contributed by atoms with van der Waals surface area (Å²) < 4.78 is 0. The van der Waals surface area contributed by atoms with E-state index in [1.807, 2.05) is 0 Å². The fraction of sp³-hybridized carbons (Fsp3) is 1.00. The van der Waals surface area contributed by atoms with Crippen LogP contribution in [0.2, 0.25) is 0 Å². The summed E-state index contributed by atoms with van der Waals surface area (Å²) in [5.74, 6) is 0.894. The Bertz CT molecular complexity index is 346. The molecular formula is C18H35N3. The van der Waals surface area contributed by atoms with E-state index in [0.29, 0.717) is 11.5 Å². The maximum Gasteiger partial charge on any atom is 0.0235 e. The van der Waals surface area contributed by atoms with Gasteiger partial charge in [0, 0.05) is 31.2 Å². The zero-order chi connectivity index (χ0) is 15.0. The molecule has 0 radical (unpaired) electrons. The fourth-order valence-electron chi connectivity index (χ4n) is 5.26. The Kier molecular flexibility index (Phi) is 4.63. The van der Waals surface area contributed by atoms with Crippen molar-refractivity contribution in [3.05, 3.63) is 0 Å². The Balaban J connectivity index is 1.54. The quantitative estimate of drug-likeness (QED) is 0.849. The van der Waals surface area contributed by atoms with Crippen LogP contribution in [-0.2, 0) is 0 Å². The number of piperidine rings is 1. The first-order valence-corrected chi connectivity index (χ1v) is 9.17. The second kappa shape index (κ2) is 6.17. The first-order valence-electron chi connectivity index (χ1n) is 9.17. The summed E-state index contributed by atoms with van der Waals surface area (Å²) in [6, 6.07) is 2.09. The second-order valence-corrected chi connectivity index (χ2v) is 8.88. The summed E-state index contributed by atoms with van der Waals surface area (Å²) >= 11 is 0. The molecule has 2 heterocycles. The molecule has 0 bridgehead atoms. The van der Waals surface area contributed by atoms with E-state index in [2.05, 4.69) is 30.6 Å². The van der Waals surface area contributed by atoms with E-state index in [1.165, 1.54) is 64.7 Å². The lowest BCUT2D eigenvalue weighted by Crippen LogP contribution is -2.47. The summed E-state index contributed by atoms with van der Waals surface area (Å²) in [5, 5.41) is 0. The van der Waals surface area contributed by atoms with Crippen molar-refractivity contribution in [2.45, 2.75) is 77.4 Å². The molecule has 3 atom stereocenters. The highest BCUT2D eigenvalue weighted by molar-refractivity contribution is 4.94. The minimum absolute atomic E-state index is 0.457. The van der Waals surface area contributed by atoms with Crippen molar-refractivity contribution in [2.24, 2.45) is 17.1 Å². The van der Waals surface area contributed by atoms with Crippen LogP contribution in [0.3, 0.4) is 0 Å². The average molecular weight is 293 g/mol. The normalized spacial score (nSPS) is 39.7. The molecule has 3 heteroatoms. The van der Waals surface area contributed by atoms with Gasteiger partial charge in [0.05, 0.1) is 0 Å². The molecular weight excluding hydrogens is 258 g/mol. The number of hydrogen-bond acceptors (Lipinski definition) is 3. The van der Waals surface area contributed by atoms with E-state index in [-0.39, 0.29) is 0 Å². The Morgan fingerprint density at radius 1 is 0.905 bits per heavy atom. The van der Waals surface area contributed by atoms with E-state index in [1.54, 1.807) is 0 Å². The zero-order valence-electron chi connectivity index (χ0n) is 14.4. The molecule has 0 aromatic heterocycles. The van der Waals surface area contributed by atoms with E-state index in [0.717, 1.165) is 18.0 Å². The van der Waals surface area contributed by atoms with Crippen LogP contribution in [0.4, 0.5) is 0 Å². The van der Waals surface area contributed by atoms with Crippen LogP contribution < -0.4 is 5.73 Å². The van der Waals surface area contributed by atoms with Gasteiger partial charge in [-0.05, 0) is 62.9 Å². The molecule has 3 rings (SSSR count). The number of nitrogens with zero attached hydrogens (tertiary/aromatic N) is 2. The monoisotopic (exact) mass is 293 g/mol. The van der Waals surface area contributed by atoms with Crippen LogP contribution in [0.5, 0.6) is 0 Å². The largest absolute Gasteiger partial charge is 0.328 e. The van der Waals surface area contributed by atoms with E-state index in [9.17, 15) is 0 Å². The van der Waals surface area contributed by atoms with E-state index < -0.39 is 0 Å². The summed E-state index contributed by atoms with van der Waals surface area (Å²) in [6.45, 7) is 12.5. The van der Waals surface area contributed by atoms with Crippen LogP contribution in [0.1, 0.15) is 59.3 Å². The van der Waals surface area contributed by atoms with Crippen molar-refractivity contribution in [1.29, 1.82) is 0 Å². The Morgan fingerprint density at radius 3 is 2.24 bits per heavy atom. The van der Waals surface area contributed by atoms with Crippen molar-refractivity contribution < 1.29 is 0 Å². The van der Waals surface area contributed by atoms with Gasteiger partial charge in [0.2, 0.25) is 0 Å². The number of hydrogen-bond donors (Lipinski definition) is 1. The zero-order valence-corrected chi connectivity index (χ0v) is 14.4. The average Bonchev–Trinajstić information content (AvgIpc) is 2.87. The molecule has 21 heavy (non-hydrogen) atoms. The first-order chi connectivity index (χ1) is 9.93. The van der Waals surface area contributed by atoms with Gasteiger partial charge in [-0.3, -0.25) is 9.80 Å². The number of likely N-dealkylation sites (tertiary alicyclic amines) is 2. The van der Waals surface area contributed by atoms with Gasteiger partial charge in [0.25, 0.3) is 0 Å². The lowest BCUT2D eigenvalue weighted by atomic mass is 9.70. The van der Waals surface area contributed by atoms with E-state index in [4.69, 9.17) is 5.73 Å². The molecule has 0 aromatic rings. The van der Waals surface area contributed by atoms with Gasteiger partial charge in [-0.2, -0.15) is 0 Å². The lowest BCUT2D eigenvalue weighted by Gasteiger charge is -2.43. The van der Waals surface area contributed by atoms with Crippen molar-refractivity contribution in [1.82, 2.24) is 9.80 Å². The van der Waals surface area contributed by atoms with Gasteiger partial charge >= 0.3 is 0 Å². The van der Waals surface area contributed by atoms with Crippen LogP contribution in [0.15, 0.2) is 0 Å². The molecule has 0 amide bonds. The summed E-state index contributed by atoms with van der Waals surface area (Å²) in [4.78, 5) is 5.54. The van der Waals surface area contributed by atoms with Crippen molar-refractivity contribution in [3.63, 3.8) is 0 Å². The second-order valence-electron chi connectivity index (χ2n) is 8.88. The number of nitrogens with two attached hydrogens (primary N) is 1. The smallest absolute Gasteiger partial charge is 0.0235 e. The molecule has 3 fully saturated rings. The Hall–Kier alpha value is -0.120. The maximum atomic E-state index is 6.05. The van der Waals surface area contributed by atoms with Gasteiger partial charge in [0.1, 0.15) is 0 Å². The molecule has 3 nitrogen and oxygen atoms in total. The predicted molar refractivity (Wildman–Crippen MR) is 89.3 cm³/mol. The van der Waals surface area contributed by atoms with Crippen molar-refractivity contribution in [2.75, 3.05) is 26.2 Å². The molecule has 1 aliphatic carbocycles. The van der Waals surface area contributed by atoms with Gasteiger partial charge in [-0.15, -0.1) is 0 Å². The Morgan fingerprint density at radius 2 is 1.57 bits per heavy atom. The Labute approximate surface area is 131 Å². The lowest BCUT2D eigenvalue weighted by molar-refractivity contribution is 0.0727. The highest BCUT2D eigenvalue weighted by Crippen LogP contribution is 2.41. The highest BCUT2D eigenvalue weighted by Gasteiger charge is 2.38. The molecule has 2 N–H and O–H groups in total.